The van der Waals surface area contributed by atoms with Crippen molar-refractivity contribution in [3.63, 3.8) is 0 Å². The molecular weight excluding hydrogens is 630 g/mol. The molecule has 2 fully saturated rings. The summed E-state index contributed by atoms with van der Waals surface area (Å²) < 4.78 is 10.7. The summed E-state index contributed by atoms with van der Waals surface area (Å²) in [7, 11) is 0. The highest BCUT2D eigenvalue weighted by Crippen LogP contribution is 2.43. The number of nitrogens with zero attached hydrogens (tertiary/aromatic N) is 2. The van der Waals surface area contributed by atoms with E-state index < -0.39 is 0 Å². The molecule has 0 unspecified atom stereocenters. The zero-order valence-electron chi connectivity index (χ0n) is 28.4. The Morgan fingerprint density at radius 1 is 0.720 bits per heavy atom. The van der Waals surface area contributed by atoms with E-state index in [9.17, 15) is 14.4 Å². The summed E-state index contributed by atoms with van der Waals surface area (Å²) in [6.07, 6.45) is 3.94. The van der Waals surface area contributed by atoms with Gasteiger partial charge in [-0.05, 0) is 60.6 Å². The van der Waals surface area contributed by atoms with Crippen LogP contribution < -0.4 is 16.6 Å². The van der Waals surface area contributed by atoms with Gasteiger partial charge in [0.1, 0.15) is 19.5 Å². The van der Waals surface area contributed by atoms with Crippen LogP contribution in [0.5, 0.6) is 0 Å². The van der Waals surface area contributed by atoms with Gasteiger partial charge in [-0.3, -0.25) is 5.84 Å². The lowest BCUT2D eigenvalue weighted by atomic mass is 9.74. The number of ether oxygens (including phenoxy) is 2. The quantitative estimate of drug-likeness (QED) is 0.113. The second-order valence-corrected chi connectivity index (χ2v) is 12.7. The lowest BCUT2D eigenvalue weighted by molar-refractivity contribution is -0.112. The van der Waals surface area contributed by atoms with Crippen molar-refractivity contribution in [3.05, 3.63) is 132 Å². The fourth-order valence-electron chi connectivity index (χ4n) is 6.40. The first-order valence-electron chi connectivity index (χ1n) is 17.2. The standard InChI is InChI=1S/C20H22N2O2.C14H17NO3.C6H8N2/c23-19(24-14-16-6-2-1-3-7-16)22-12-10-20(11-13-22)15-21-18-9-5-4-8-17(18)20;16-10-12-6-8-15(9-7-12)14(17)18-11-13-4-2-1-3-5-13;7-8-6-4-2-1-3-5-6/h1-9,21H,10-15H2;1-5,10,12H,6-9,11H2;1-5,8H,7H2. The van der Waals surface area contributed by atoms with Crippen LogP contribution in [0, 0.1) is 5.92 Å². The number of hydrogen-bond acceptors (Lipinski definition) is 8. The van der Waals surface area contributed by atoms with Gasteiger partial charge in [-0.25, -0.2) is 9.59 Å². The highest BCUT2D eigenvalue weighted by Gasteiger charge is 2.42. The molecule has 1 spiro atoms. The molecule has 0 saturated carbocycles. The number of nitrogen functional groups attached to an aromatic ring is 1. The van der Waals surface area contributed by atoms with Gasteiger partial charge in [0.25, 0.3) is 0 Å². The summed E-state index contributed by atoms with van der Waals surface area (Å²) in [6.45, 7) is 4.33. The van der Waals surface area contributed by atoms with Crippen LogP contribution >= 0.6 is 0 Å². The van der Waals surface area contributed by atoms with Crippen LogP contribution in [0.25, 0.3) is 0 Å². The zero-order chi connectivity index (χ0) is 35.0. The van der Waals surface area contributed by atoms with Gasteiger partial charge in [0.05, 0.1) is 0 Å². The van der Waals surface area contributed by atoms with E-state index in [1.165, 1.54) is 11.3 Å². The number of likely N-dealkylation sites (tertiary alicyclic amines) is 2. The number of aldehydes is 1. The molecule has 2 amide bonds. The number of fused-ring (bicyclic) bond motifs is 2. The molecule has 262 valence electrons. The molecule has 4 aromatic rings. The average Bonchev–Trinajstić information content (AvgIpc) is 3.55. The highest BCUT2D eigenvalue weighted by molar-refractivity contribution is 5.69. The molecule has 3 aliphatic heterocycles. The summed E-state index contributed by atoms with van der Waals surface area (Å²) >= 11 is 0. The van der Waals surface area contributed by atoms with Gasteiger partial charge in [0.2, 0.25) is 0 Å². The second-order valence-electron chi connectivity index (χ2n) is 12.7. The van der Waals surface area contributed by atoms with Crippen LogP contribution in [0.2, 0.25) is 0 Å². The van der Waals surface area contributed by atoms with E-state index in [4.69, 9.17) is 15.3 Å². The van der Waals surface area contributed by atoms with Crippen molar-refractivity contribution >= 4 is 29.8 Å². The first kappa shape index (κ1) is 35.9. The Labute approximate surface area is 294 Å². The number of para-hydroxylation sites is 2. The number of benzene rings is 4. The van der Waals surface area contributed by atoms with Crippen molar-refractivity contribution in [2.24, 2.45) is 11.8 Å². The van der Waals surface area contributed by atoms with Crippen LogP contribution in [0.3, 0.4) is 0 Å². The molecule has 0 aromatic heterocycles. The predicted octanol–water partition coefficient (Wildman–Crippen LogP) is 6.99. The van der Waals surface area contributed by atoms with Crippen LogP contribution in [0.4, 0.5) is 21.0 Å². The maximum absolute atomic E-state index is 12.3. The number of nitrogens with two attached hydrogens (primary N) is 1. The molecule has 7 rings (SSSR count). The van der Waals surface area contributed by atoms with E-state index in [1.807, 2.05) is 95.9 Å². The second kappa shape index (κ2) is 18.4. The van der Waals surface area contributed by atoms with Crippen molar-refractivity contribution in [1.29, 1.82) is 0 Å². The Hall–Kier alpha value is -5.35. The Kier molecular flexibility index (Phi) is 13.2. The molecule has 0 radical (unpaired) electrons. The van der Waals surface area contributed by atoms with E-state index >= 15 is 0 Å². The third kappa shape index (κ3) is 10.1. The van der Waals surface area contributed by atoms with E-state index in [0.29, 0.717) is 26.3 Å². The number of rotatable bonds is 6. The number of hydrazine groups is 1. The minimum absolute atomic E-state index is 0.100. The topological polar surface area (TPSA) is 126 Å². The monoisotopic (exact) mass is 677 g/mol. The third-order valence-corrected chi connectivity index (χ3v) is 9.44. The number of piperidine rings is 2. The molecule has 10 nitrogen and oxygen atoms in total. The van der Waals surface area contributed by atoms with E-state index in [0.717, 1.165) is 68.4 Å². The molecule has 10 heteroatoms. The molecule has 0 aliphatic carbocycles. The zero-order valence-corrected chi connectivity index (χ0v) is 28.4. The Morgan fingerprint density at radius 3 is 1.70 bits per heavy atom. The molecule has 2 saturated heterocycles. The number of nitrogens with one attached hydrogen (secondary N) is 2. The Balaban J connectivity index is 0.000000164. The van der Waals surface area contributed by atoms with Crippen LogP contribution in [0.1, 0.15) is 42.4 Å². The van der Waals surface area contributed by atoms with Crippen molar-refractivity contribution in [2.75, 3.05) is 43.5 Å². The minimum Gasteiger partial charge on any atom is -0.445 e. The van der Waals surface area contributed by atoms with Gasteiger partial charge in [-0.1, -0.05) is 97.1 Å². The molecule has 0 bridgehead atoms. The fraction of sp³-hybridized carbons (Fsp3) is 0.325. The van der Waals surface area contributed by atoms with E-state index in [2.05, 4.69) is 35.0 Å². The maximum atomic E-state index is 12.3. The first-order valence-corrected chi connectivity index (χ1v) is 17.2. The number of carbonyl (C=O) groups is 3. The van der Waals surface area contributed by atoms with E-state index in [-0.39, 0.29) is 23.5 Å². The lowest BCUT2D eigenvalue weighted by Gasteiger charge is -2.38. The molecular formula is C40H47N5O5. The summed E-state index contributed by atoms with van der Waals surface area (Å²) in [5, 5.41) is 3.52. The predicted molar refractivity (Wildman–Crippen MR) is 195 cm³/mol. The highest BCUT2D eigenvalue weighted by atomic mass is 16.6. The van der Waals surface area contributed by atoms with Crippen LogP contribution in [-0.2, 0) is 32.9 Å². The summed E-state index contributed by atoms with van der Waals surface area (Å²) in [5.74, 6) is 5.20. The number of anilines is 2. The molecule has 4 aromatic carbocycles. The minimum atomic E-state index is -0.289. The average molecular weight is 678 g/mol. The summed E-state index contributed by atoms with van der Waals surface area (Å²) in [5.41, 5.74) is 8.29. The number of hydrogen-bond donors (Lipinski definition) is 3. The van der Waals surface area contributed by atoms with Crippen molar-refractivity contribution in [3.8, 4) is 0 Å². The molecule has 4 N–H and O–H groups in total. The summed E-state index contributed by atoms with van der Waals surface area (Å²) in [6, 6.07) is 37.6. The van der Waals surface area contributed by atoms with Crippen LogP contribution in [0.15, 0.2) is 115 Å². The lowest BCUT2D eigenvalue weighted by Crippen LogP contribution is -2.46. The van der Waals surface area contributed by atoms with Crippen molar-refractivity contribution < 1.29 is 23.9 Å². The normalized spacial score (nSPS) is 15.9. The van der Waals surface area contributed by atoms with Crippen molar-refractivity contribution in [1.82, 2.24) is 9.80 Å². The van der Waals surface area contributed by atoms with Gasteiger partial charge >= 0.3 is 12.2 Å². The largest absolute Gasteiger partial charge is 0.445 e. The van der Waals surface area contributed by atoms with Gasteiger partial charge in [0.15, 0.2) is 0 Å². The van der Waals surface area contributed by atoms with Gasteiger partial charge in [-0.15, -0.1) is 0 Å². The van der Waals surface area contributed by atoms with Gasteiger partial charge in [-0.2, -0.15) is 0 Å². The fourth-order valence-corrected chi connectivity index (χ4v) is 6.40. The Morgan fingerprint density at radius 2 is 1.20 bits per heavy atom. The molecule has 3 aliphatic rings. The SMILES string of the molecule is NNc1ccccc1.O=C(OCc1ccccc1)N1CCC2(CC1)CNc1ccccc12.O=CC1CCN(C(=O)OCc2ccccc2)CC1. The molecule has 3 heterocycles. The number of carbonyl (C=O) groups excluding carboxylic acids is 3. The molecule has 0 atom stereocenters. The molecule has 50 heavy (non-hydrogen) atoms. The third-order valence-electron chi connectivity index (χ3n) is 9.44. The van der Waals surface area contributed by atoms with E-state index in [1.54, 1.807) is 4.90 Å². The van der Waals surface area contributed by atoms with Crippen LogP contribution in [-0.4, -0.2) is 61.0 Å². The van der Waals surface area contributed by atoms with Crippen molar-refractivity contribution in [2.45, 2.75) is 44.3 Å². The van der Waals surface area contributed by atoms with Gasteiger partial charge < -0.3 is 34.8 Å². The Bertz CT molecular complexity index is 1620. The van der Waals surface area contributed by atoms with Gasteiger partial charge in [0, 0.05) is 55.4 Å². The first-order chi connectivity index (χ1) is 24.5. The smallest absolute Gasteiger partial charge is 0.410 e. The summed E-state index contributed by atoms with van der Waals surface area (Å²) in [4.78, 5) is 38.2. The number of amides is 2. The maximum Gasteiger partial charge on any atom is 0.410 e.